The molecule has 1 heterocycles. The quantitative estimate of drug-likeness (QED) is 0.206. The zero-order valence-corrected chi connectivity index (χ0v) is 22.4. The maximum absolute atomic E-state index is 12.5. The molecule has 0 aliphatic carbocycles. The van der Waals surface area contributed by atoms with Crippen LogP contribution in [0.1, 0.15) is 28.7 Å². The lowest BCUT2D eigenvalue weighted by Crippen LogP contribution is -2.45. The van der Waals surface area contributed by atoms with Gasteiger partial charge in [0, 0.05) is 67.7 Å². The molecule has 1 saturated heterocycles. The van der Waals surface area contributed by atoms with Crippen LogP contribution >= 0.6 is 11.6 Å². The Labute approximate surface area is 232 Å². The van der Waals surface area contributed by atoms with Crippen molar-refractivity contribution in [1.29, 1.82) is 5.41 Å². The molecular formula is C29H33ClF3N5O. The molecule has 3 aromatic carbocycles. The number of nitrogens with zero attached hydrogens (tertiary/aromatic N) is 2. The predicted molar refractivity (Wildman–Crippen MR) is 150 cm³/mol. The highest BCUT2D eigenvalue weighted by molar-refractivity contribution is 6.31. The van der Waals surface area contributed by atoms with Gasteiger partial charge in [-0.15, -0.1) is 13.2 Å². The van der Waals surface area contributed by atoms with Gasteiger partial charge in [-0.1, -0.05) is 35.9 Å². The van der Waals surface area contributed by atoms with Crippen molar-refractivity contribution in [3.05, 3.63) is 94.0 Å². The number of ether oxygens (including phenoxy) is 1. The van der Waals surface area contributed by atoms with Crippen molar-refractivity contribution in [2.75, 3.05) is 44.6 Å². The third-order valence-corrected chi connectivity index (χ3v) is 7.02. The molecule has 0 unspecified atom stereocenters. The van der Waals surface area contributed by atoms with Gasteiger partial charge < -0.3 is 15.8 Å². The molecule has 0 spiro atoms. The van der Waals surface area contributed by atoms with Crippen molar-refractivity contribution in [1.82, 2.24) is 9.80 Å². The molecule has 208 valence electrons. The highest BCUT2D eigenvalue weighted by Gasteiger charge is 2.31. The van der Waals surface area contributed by atoms with E-state index in [0.29, 0.717) is 24.2 Å². The topological polar surface area (TPSA) is 77.6 Å². The summed E-state index contributed by atoms with van der Waals surface area (Å²) in [6, 6.07) is 19.3. The number of hydrogen-bond acceptors (Lipinski definition) is 6. The summed E-state index contributed by atoms with van der Waals surface area (Å²) < 4.78 is 41.6. The number of rotatable bonds is 11. The van der Waals surface area contributed by atoms with Crippen molar-refractivity contribution >= 4 is 23.0 Å². The Morgan fingerprint density at radius 3 is 2.26 bits per heavy atom. The molecule has 4 N–H and O–H groups in total. The highest BCUT2D eigenvalue weighted by Crippen LogP contribution is 2.26. The van der Waals surface area contributed by atoms with E-state index < -0.39 is 6.36 Å². The molecule has 0 saturated carbocycles. The molecule has 10 heteroatoms. The van der Waals surface area contributed by atoms with E-state index in [-0.39, 0.29) is 11.5 Å². The van der Waals surface area contributed by atoms with Crippen LogP contribution in [0.2, 0.25) is 5.02 Å². The number of halogens is 4. The largest absolute Gasteiger partial charge is 0.573 e. The van der Waals surface area contributed by atoms with Gasteiger partial charge in [0.15, 0.2) is 0 Å². The van der Waals surface area contributed by atoms with Crippen molar-refractivity contribution in [2.45, 2.75) is 25.9 Å². The van der Waals surface area contributed by atoms with E-state index in [4.69, 9.17) is 22.7 Å². The molecular weight excluding hydrogens is 527 g/mol. The Kier molecular flexibility index (Phi) is 9.85. The zero-order valence-electron chi connectivity index (χ0n) is 21.6. The van der Waals surface area contributed by atoms with Gasteiger partial charge in [0.25, 0.3) is 0 Å². The molecule has 6 nitrogen and oxygen atoms in total. The normalized spacial score (nSPS) is 14.8. The van der Waals surface area contributed by atoms with Gasteiger partial charge in [0.2, 0.25) is 0 Å². The fourth-order valence-electron chi connectivity index (χ4n) is 4.59. The first kappa shape index (κ1) is 28.9. The Morgan fingerprint density at radius 2 is 1.62 bits per heavy atom. The van der Waals surface area contributed by atoms with E-state index in [2.05, 4.69) is 32.0 Å². The summed E-state index contributed by atoms with van der Waals surface area (Å²) in [7, 11) is 0. The minimum absolute atomic E-state index is 0.218. The second kappa shape index (κ2) is 13.3. The molecule has 1 aliphatic heterocycles. The van der Waals surface area contributed by atoms with Gasteiger partial charge in [-0.3, -0.25) is 15.2 Å². The summed E-state index contributed by atoms with van der Waals surface area (Å²) in [5, 5.41) is 13.0. The number of hydrogen-bond donors (Lipinski definition) is 3. The van der Waals surface area contributed by atoms with Crippen LogP contribution < -0.4 is 15.8 Å². The summed E-state index contributed by atoms with van der Waals surface area (Å²) in [5.41, 5.74) is 10.0. The van der Waals surface area contributed by atoms with Crippen LogP contribution in [0.3, 0.4) is 0 Å². The van der Waals surface area contributed by atoms with Crippen molar-refractivity contribution in [2.24, 2.45) is 5.73 Å². The SMILES string of the molecule is N=C(c1ccc(OC(F)(F)F)cc1)c1cc(CN2CCN(Cc3ccccc3Cl)CC2)ccc1NCCCN. The minimum Gasteiger partial charge on any atom is -0.406 e. The van der Waals surface area contributed by atoms with Crippen molar-refractivity contribution in [3.8, 4) is 5.75 Å². The van der Waals surface area contributed by atoms with Crippen LogP contribution in [0.15, 0.2) is 66.7 Å². The van der Waals surface area contributed by atoms with E-state index in [1.54, 1.807) is 0 Å². The summed E-state index contributed by atoms with van der Waals surface area (Å²) in [4.78, 5) is 4.78. The van der Waals surface area contributed by atoms with Gasteiger partial charge in [-0.2, -0.15) is 0 Å². The average molecular weight is 560 g/mol. The summed E-state index contributed by atoms with van der Waals surface area (Å²) >= 11 is 6.33. The van der Waals surface area contributed by atoms with E-state index in [9.17, 15) is 13.2 Å². The second-order valence-electron chi connectivity index (χ2n) is 9.54. The van der Waals surface area contributed by atoms with Gasteiger partial charge in [-0.25, -0.2) is 0 Å². The third-order valence-electron chi connectivity index (χ3n) is 6.65. The van der Waals surface area contributed by atoms with Gasteiger partial charge in [0.1, 0.15) is 5.75 Å². The van der Waals surface area contributed by atoms with Gasteiger partial charge >= 0.3 is 6.36 Å². The Hall–Kier alpha value is -3.11. The first-order valence-electron chi connectivity index (χ1n) is 12.9. The van der Waals surface area contributed by atoms with Crippen LogP contribution in [0.25, 0.3) is 0 Å². The predicted octanol–water partition coefficient (Wildman–Crippen LogP) is 5.73. The van der Waals surface area contributed by atoms with E-state index >= 15 is 0 Å². The Bertz CT molecular complexity index is 1240. The van der Waals surface area contributed by atoms with Crippen molar-refractivity contribution < 1.29 is 17.9 Å². The molecule has 4 rings (SSSR count). The molecule has 0 aromatic heterocycles. The molecule has 0 amide bonds. The maximum Gasteiger partial charge on any atom is 0.573 e. The number of anilines is 1. The molecule has 1 aliphatic rings. The number of nitrogens with two attached hydrogens (primary N) is 1. The minimum atomic E-state index is -4.76. The molecule has 0 radical (unpaired) electrons. The summed E-state index contributed by atoms with van der Waals surface area (Å²) in [6.07, 6.45) is -3.99. The standard InChI is InChI=1S/C29H33ClF3N5O/c30-26-5-2-1-4-23(26)20-38-16-14-37(15-17-38)19-21-6-11-27(36-13-3-12-34)25(18-21)28(35)22-7-9-24(10-8-22)39-29(31,32)33/h1-2,4-11,18,35-36H,3,12-17,19-20,34H2. The fourth-order valence-corrected chi connectivity index (χ4v) is 4.78. The van der Waals surface area contributed by atoms with Crippen molar-refractivity contribution in [3.63, 3.8) is 0 Å². The monoisotopic (exact) mass is 559 g/mol. The van der Waals surface area contributed by atoms with Crippen LogP contribution in [-0.2, 0) is 13.1 Å². The number of nitrogens with one attached hydrogen (secondary N) is 2. The zero-order chi connectivity index (χ0) is 27.8. The summed E-state index contributed by atoms with van der Waals surface area (Å²) in [5.74, 6) is -0.317. The number of piperazine rings is 1. The Balaban J connectivity index is 1.44. The molecule has 39 heavy (non-hydrogen) atoms. The third kappa shape index (κ3) is 8.44. The lowest BCUT2D eigenvalue weighted by atomic mass is 9.98. The summed E-state index contributed by atoms with van der Waals surface area (Å²) in [6.45, 7) is 6.44. The van der Waals surface area contributed by atoms with Gasteiger partial charge in [0.05, 0.1) is 5.71 Å². The lowest BCUT2D eigenvalue weighted by molar-refractivity contribution is -0.274. The van der Waals surface area contributed by atoms with Crippen LogP contribution in [0.4, 0.5) is 18.9 Å². The van der Waals surface area contributed by atoms with E-state index in [1.165, 1.54) is 24.3 Å². The van der Waals surface area contributed by atoms with E-state index in [1.807, 2.05) is 30.3 Å². The smallest absolute Gasteiger partial charge is 0.406 e. The first-order valence-corrected chi connectivity index (χ1v) is 13.3. The lowest BCUT2D eigenvalue weighted by Gasteiger charge is -2.35. The highest BCUT2D eigenvalue weighted by atomic mass is 35.5. The number of benzene rings is 3. The first-order chi connectivity index (χ1) is 18.7. The van der Waals surface area contributed by atoms with Crippen LogP contribution in [0, 0.1) is 5.41 Å². The fraction of sp³-hybridized carbons (Fsp3) is 0.345. The average Bonchev–Trinajstić information content (AvgIpc) is 2.91. The number of alkyl halides is 3. The van der Waals surface area contributed by atoms with E-state index in [0.717, 1.165) is 67.5 Å². The molecule has 0 bridgehead atoms. The Morgan fingerprint density at radius 1 is 0.949 bits per heavy atom. The molecule has 1 fully saturated rings. The molecule has 0 atom stereocenters. The van der Waals surface area contributed by atoms with Crippen LogP contribution in [-0.4, -0.2) is 61.1 Å². The van der Waals surface area contributed by atoms with Crippen LogP contribution in [0.5, 0.6) is 5.75 Å². The molecule has 3 aromatic rings. The maximum atomic E-state index is 12.5. The second-order valence-corrected chi connectivity index (χ2v) is 9.95. The van der Waals surface area contributed by atoms with Gasteiger partial charge in [-0.05, 0) is 66.6 Å².